The molecule has 0 bridgehead atoms. The van der Waals surface area contributed by atoms with Gasteiger partial charge in [0.05, 0.1) is 6.10 Å². The van der Waals surface area contributed by atoms with Gasteiger partial charge < -0.3 is 4.74 Å². The van der Waals surface area contributed by atoms with E-state index in [1.807, 2.05) is 7.11 Å². The van der Waals surface area contributed by atoms with Gasteiger partial charge in [-0.15, -0.1) is 0 Å². The lowest BCUT2D eigenvalue weighted by Crippen LogP contribution is -2.50. The van der Waals surface area contributed by atoms with Crippen LogP contribution in [0, 0.1) is 28.6 Å². The maximum atomic E-state index is 12.4. The van der Waals surface area contributed by atoms with Crippen LogP contribution < -0.4 is 0 Å². The molecule has 0 aromatic heterocycles. The van der Waals surface area contributed by atoms with Crippen LogP contribution in [0.25, 0.3) is 0 Å². The molecule has 0 unspecified atom stereocenters. The fraction of sp³-hybridized carbons (Fsp3) is 0.800. The average molecular weight is 316 g/mol. The first kappa shape index (κ1) is 15.6. The quantitative estimate of drug-likeness (QED) is 0.547. The molecule has 0 aliphatic heterocycles. The van der Waals surface area contributed by atoms with Crippen LogP contribution >= 0.6 is 0 Å². The second kappa shape index (κ2) is 5.02. The fourth-order valence-corrected chi connectivity index (χ4v) is 6.42. The third-order valence-corrected chi connectivity index (χ3v) is 7.96. The van der Waals surface area contributed by atoms with Gasteiger partial charge in [0, 0.05) is 18.9 Å². The molecule has 6 atom stereocenters. The van der Waals surface area contributed by atoms with Gasteiger partial charge in [-0.25, -0.2) is 0 Å². The van der Waals surface area contributed by atoms with Crippen LogP contribution in [0.4, 0.5) is 0 Å². The molecule has 4 rings (SSSR count). The third-order valence-electron chi connectivity index (χ3n) is 7.96. The van der Waals surface area contributed by atoms with Gasteiger partial charge in [-0.1, -0.05) is 25.5 Å². The summed E-state index contributed by atoms with van der Waals surface area (Å²) in [5.74, 6) is 1.23. The Morgan fingerprint density at radius 2 is 1.78 bits per heavy atom. The van der Waals surface area contributed by atoms with Crippen molar-refractivity contribution in [2.75, 3.05) is 7.11 Å². The highest BCUT2D eigenvalue weighted by Gasteiger charge is 2.61. The topological polar surface area (TPSA) is 43.4 Å². The van der Waals surface area contributed by atoms with Crippen LogP contribution in [-0.2, 0) is 14.3 Å². The first-order chi connectivity index (χ1) is 10.9. The van der Waals surface area contributed by atoms with Crippen molar-refractivity contribution in [1.82, 2.24) is 0 Å². The van der Waals surface area contributed by atoms with E-state index in [0.717, 1.165) is 32.1 Å². The Balaban J connectivity index is 1.68. The first-order valence-corrected chi connectivity index (χ1v) is 9.20. The van der Waals surface area contributed by atoms with Gasteiger partial charge in [-0.3, -0.25) is 9.59 Å². The van der Waals surface area contributed by atoms with Gasteiger partial charge in [-0.05, 0) is 61.7 Å². The van der Waals surface area contributed by atoms with Gasteiger partial charge in [-0.2, -0.15) is 0 Å². The number of ether oxygens (including phenoxy) is 1. The van der Waals surface area contributed by atoms with Crippen molar-refractivity contribution in [3.63, 3.8) is 0 Å². The lowest BCUT2D eigenvalue weighted by molar-refractivity contribution is -0.140. The minimum atomic E-state index is -0.371. The van der Waals surface area contributed by atoms with Crippen molar-refractivity contribution in [2.24, 2.45) is 28.6 Å². The molecule has 3 nitrogen and oxygen atoms in total. The molecule has 3 fully saturated rings. The minimum absolute atomic E-state index is 0.0797. The van der Waals surface area contributed by atoms with E-state index in [1.165, 1.54) is 6.42 Å². The molecule has 23 heavy (non-hydrogen) atoms. The van der Waals surface area contributed by atoms with Gasteiger partial charge in [0.1, 0.15) is 0 Å². The molecule has 0 aromatic rings. The van der Waals surface area contributed by atoms with Crippen LogP contribution in [0.5, 0.6) is 0 Å². The minimum Gasteiger partial charge on any atom is -0.381 e. The van der Waals surface area contributed by atoms with E-state index in [9.17, 15) is 9.59 Å². The predicted molar refractivity (Wildman–Crippen MR) is 87.9 cm³/mol. The van der Waals surface area contributed by atoms with Gasteiger partial charge in [0.25, 0.3) is 0 Å². The molecule has 0 aromatic carbocycles. The van der Waals surface area contributed by atoms with Crippen molar-refractivity contribution in [3.05, 3.63) is 11.6 Å². The second-order valence-electron chi connectivity index (χ2n) is 8.77. The molecular weight excluding hydrogens is 288 g/mol. The molecule has 4 aliphatic rings. The number of fused-ring (bicyclic) bond motifs is 5. The average Bonchev–Trinajstić information content (AvgIpc) is 2.78. The van der Waals surface area contributed by atoms with E-state index in [2.05, 4.69) is 19.9 Å². The molecule has 3 saturated carbocycles. The molecule has 3 heteroatoms. The molecule has 0 N–H and O–H groups in total. The molecule has 0 radical (unpaired) electrons. The van der Waals surface area contributed by atoms with E-state index >= 15 is 0 Å². The van der Waals surface area contributed by atoms with Crippen molar-refractivity contribution < 1.29 is 14.3 Å². The Morgan fingerprint density at radius 1 is 1.04 bits per heavy atom. The first-order valence-electron chi connectivity index (χ1n) is 9.20. The number of hydrogen-bond acceptors (Lipinski definition) is 3. The Bertz CT molecular complexity index is 592. The van der Waals surface area contributed by atoms with Crippen LogP contribution in [0.2, 0.25) is 0 Å². The zero-order chi connectivity index (χ0) is 16.4. The van der Waals surface area contributed by atoms with E-state index in [4.69, 9.17) is 4.74 Å². The predicted octanol–water partition coefficient (Wildman–Crippen LogP) is 3.71. The van der Waals surface area contributed by atoms with E-state index in [0.29, 0.717) is 24.4 Å². The Hall–Kier alpha value is -0.960. The van der Waals surface area contributed by atoms with Crippen molar-refractivity contribution >= 4 is 11.6 Å². The Labute approximate surface area is 138 Å². The van der Waals surface area contributed by atoms with Crippen molar-refractivity contribution in [2.45, 2.75) is 64.9 Å². The number of carbonyl (C=O) groups is 2. The number of ketones is 2. The summed E-state index contributed by atoms with van der Waals surface area (Å²) in [7, 11) is 1.82. The summed E-state index contributed by atoms with van der Waals surface area (Å²) in [6.45, 7) is 4.49. The van der Waals surface area contributed by atoms with E-state index in [-0.39, 0.29) is 28.3 Å². The normalized spacial score (nSPS) is 49.3. The number of rotatable bonds is 1. The number of methoxy groups -OCH3 is 1. The largest absolute Gasteiger partial charge is 0.381 e. The van der Waals surface area contributed by atoms with Gasteiger partial charge in [0.15, 0.2) is 5.78 Å². The zero-order valence-electron chi connectivity index (χ0n) is 14.6. The number of allylic oxidation sites excluding steroid dienone is 1. The summed E-state index contributed by atoms with van der Waals surface area (Å²) >= 11 is 0. The van der Waals surface area contributed by atoms with Gasteiger partial charge >= 0.3 is 0 Å². The summed E-state index contributed by atoms with van der Waals surface area (Å²) in [6, 6.07) is 0. The highest BCUT2D eigenvalue weighted by Crippen LogP contribution is 2.63. The molecule has 0 spiro atoms. The third kappa shape index (κ3) is 1.98. The van der Waals surface area contributed by atoms with Crippen molar-refractivity contribution in [3.8, 4) is 0 Å². The van der Waals surface area contributed by atoms with Crippen LogP contribution in [0.3, 0.4) is 0 Å². The Morgan fingerprint density at radius 3 is 2.52 bits per heavy atom. The number of carbonyl (C=O) groups excluding carboxylic acids is 2. The fourth-order valence-electron chi connectivity index (χ4n) is 6.42. The second-order valence-corrected chi connectivity index (χ2v) is 8.77. The SMILES string of the molecule is CO[C@@H]1CC[C@@]2(C)C(=CC[C@@H]3[C@@H]2CC[C@]2(C)C(=O)C(=O)C[C@@H]32)C1. The molecule has 126 valence electrons. The summed E-state index contributed by atoms with van der Waals surface area (Å²) in [4.78, 5) is 24.5. The Kier molecular flexibility index (Phi) is 3.39. The molecular formula is C20H28O3. The van der Waals surface area contributed by atoms with Crippen LogP contribution in [0.15, 0.2) is 11.6 Å². The summed E-state index contributed by atoms with van der Waals surface area (Å²) in [5.41, 5.74) is 1.47. The summed E-state index contributed by atoms with van der Waals surface area (Å²) in [6.07, 6.45) is 9.73. The molecule has 0 saturated heterocycles. The number of Topliss-reactive ketones (excluding diaryl/α,β-unsaturated/α-hetero) is 2. The maximum Gasteiger partial charge on any atom is 0.204 e. The smallest absolute Gasteiger partial charge is 0.204 e. The summed E-state index contributed by atoms with van der Waals surface area (Å²) < 4.78 is 5.60. The highest BCUT2D eigenvalue weighted by molar-refractivity contribution is 6.41. The number of hydrogen-bond donors (Lipinski definition) is 0. The molecule has 4 aliphatic carbocycles. The molecule has 0 amide bonds. The van der Waals surface area contributed by atoms with E-state index in [1.54, 1.807) is 5.57 Å². The maximum absolute atomic E-state index is 12.4. The van der Waals surface area contributed by atoms with E-state index < -0.39 is 0 Å². The lowest BCUT2D eigenvalue weighted by Gasteiger charge is -2.56. The van der Waals surface area contributed by atoms with Crippen LogP contribution in [0.1, 0.15) is 58.8 Å². The van der Waals surface area contributed by atoms with Crippen LogP contribution in [-0.4, -0.2) is 24.8 Å². The monoisotopic (exact) mass is 316 g/mol. The standard InChI is InChI=1S/C20H28O3/c1-19-8-6-13(23-3)10-12(19)4-5-14-15(19)7-9-20(2)16(14)11-17(21)18(20)22/h4,13-16H,5-11H2,1-3H3/t13-,14-,15+,16+,19+,20+/m1/s1. The van der Waals surface area contributed by atoms with Gasteiger partial charge in [0.2, 0.25) is 5.78 Å². The summed E-state index contributed by atoms with van der Waals surface area (Å²) in [5, 5.41) is 0. The highest BCUT2D eigenvalue weighted by atomic mass is 16.5. The molecule has 0 heterocycles. The lowest BCUT2D eigenvalue weighted by atomic mass is 9.48. The van der Waals surface area contributed by atoms with Crippen molar-refractivity contribution in [1.29, 1.82) is 0 Å². The zero-order valence-corrected chi connectivity index (χ0v) is 14.6.